The van der Waals surface area contributed by atoms with Crippen LogP contribution in [0.3, 0.4) is 0 Å². The van der Waals surface area contributed by atoms with Gasteiger partial charge in [0.15, 0.2) is 5.78 Å². The minimum Gasteiger partial charge on any atom is -0.295 e. The maximum absolute atomic E-state index is 10.6. The van der Waals surface area contributed by atoms with Crippen molar-refractivity contribution in [2.24, 2.45) is 0 Å². The molecule has 0 bridgehead atoms. The first-order chi connectivity index (χ1) is 6.52. The van der Waals surface area contributed by atoms with Crippen molar-refractivity contribution in [3.63, 3.8) is 0 Å². The zero-order valence-electron chi connectivity index (χ0n) is 9.37. The van der Waals surface area contributed by atoms with E-state index in [2.05, 4.69) is 13.8 Å². The Morgan fingerprint density at radius 3 is 1.93 bits per heavy atom. The van der Waals surface area contributed by atoms with Crippen molar-refractivity contribution in [3.8, 4) is 0 Å². The molecule has 0 aliphatic rings. The number of carbonyl (C=O) groups is 1. The topological polar surface area (TPSA) is 17.1 Å². The first kappa shape index (κ1) is 12.6. The summed E-state index contributed by atoms with van der Waals surface area (Å²) in [5.41, 5.74) is 2.40. The Labute approximate surface area is 86.5 Å². The smallest absolute Gasteiger partial charge is 0.152 e. The molecular formula is C13H18O. The van der Waals surface area contributed by atoms with E-state index in [0.717, 1.165) is 5.57 Å². The summed E-state index contributed by atoms with van der Waals surface area (Å²) in [6.07, 6.45) is 11.3. The van der Waals surface area contributed by atoms with Crippen LogP contribution < -0.4 is 0 Å². The number of carbonyl (C=O) groups excluding carboxylic acids is 1. The Hall–Kier alpha value is -1.37. The predicted molar refractivity (Wildman–Crippen MR) is 62.1 cm³/mol. The van der Waals surface area contributed by atoms with Gasteiger partial charge in [-0.15, -0.1) is 0 Å². The predicted octanol–water partition coefficient (Wildman–Crippen LogP) is 3.60. The lowest BCUT2D eigenvalue weighted by molar-refractivity contribution is -0.112. The number of allylic oxidation sites excluding steroid dienone is 8. The number of ketones is 1. The van der Waals surface area contributed by atoms with Gasteiger partial charge < -0.3 is 0 Å². The van der Waals surface area contributed by atoms with Crippen molar-refractivity contribution in [2.45, 2.75) is 27.7 Å². The monoisotopic (exact) mass is 190 g/mol. The van der Waals surface area contributed by atoms with Gasteiger partial charge in [-0.05, 0) is 33.8 Å². The van der Waals surface area contributed by atoms with Crippen molar-refractivity contribution >= 4 is 5.78 Å². The first-order valence-electron chi connectivity index (χ1n) is 4.69. The highest BCUT2D eigenvalue weighted by Crippen LogP contribution is 1.97. The van der Waals surface area contributed by atoms with Crippen LogP contribution in [0, 0.1) is 0 Å². The van der Waals surface area contributed by atoms with Crippen LogP contribution in [-0.2, 0) is 4.79 Å². The second-order valence-corrected chi connectivity index (χ2v) is 3.48. The van der Waals surface area contributed by atoms with Crippen LogP contribution >= 0.6 is 0 Å². The molecule has 0 amide bonds. The highest BCUT2D eigenvalue weighted by Gasteiger charge is 1.80. The quantitative estimate of drug-likeness (QED) is 0.489. The molecule has 0 aliphatic heterocycles. The second-order valence-electron chi connectivity index (χ2n) is 3.48. The van der Waals surface area contributed by atoms with Crippen LogP contribution in [0.1, 0.15) is 27.7 Å². The van der Waals surface area contributed by atoms with Gasteiger partial charge in [0.05, 0.1) is 0 Å². The fraction of sp³-hybridized carbons (Fsp3) is 0.308. The molecule has 0 saturated heterocycles. The molecule has 0 unspecified atom stereocenters. The third-order valence-electron chi connectivity index (χ3n) is 1.48. The lowest BCUT2D eigenvalue weighted by Crippen LogP contribution is -1.78. The summed E-state index contributed by atoms with van der Waals surface area (Å²) >= 11 is 0. The van der Waals surface area contributed by atoms with Gasteiger partial charge in [0, 0.05) is 0 Å². The highest BCUT2D eigenvalue weighted by atomic mass is 16.1. The second kappa shape index (κ2) is 7.07. The lowest BCUT2D eigenvalue weighted by atomic mass is 10.2. The molecule has 0 aromatic rings. The molecule has 76 valence electrons. The Bertz CT molecular complexity index is 297. The van der Waals surface area contributed by atoms with Crippen molar-refractivity contribution in [1.29, 1.82) is 0 Å². The van der Waals surface area contributed by atoms with Gasteiger partial charge in [0.1, 0.15) is 0 Å². The Balaban J connectivity index is 4.20. The molecule has 1 heteroatoms. The summed E-state index contributed by atoms with van der Waals surface area (Å²) in [6.45, 7) is 7.65. The van der Waals surface area contributed by atoms with Crippen LogP contribution in [0.25, 0.3) is 0 Å². The average molecular weight is 190 g/mol. The molecule has 0 aromatic heterocycles. The van der Waals surface area contributed by atoms with Crippen molar-refractivity contribution < 1.29 is 4.79 Å². The van der Waals surface area contributed by atoms with Gasteiger partial charge >= 0.3 is 0 Å². The zero-order valence-corrected chi connectivity index (χ0v) is 9.37. The molecule has 0 atom stereocenters. The molecule has 0 aliphatic carbocycles. The molecule has 0 fully saturated rings. The third kappa shape index (κ3) is 8.72. The van der Waals surface area contributed by atoms with Crippen molar-refractivity contribution in [2.75, 3.05) is 0 Å². The largest absolute Gasteiger partial charge is 0.295 e. The van der Waals surface area contributed by atoms with Crippen LogP contribution in [-0.4, -0.2) is 5.78 Å². The van der Waals surface area contributed by atoms with E-state index in [4.69, 9.17) is 0 Å². The summed E-state index contributed by atoms with van der Waals surface area (Å²) in [5, 5.41) is 0. The van der Waals surface area contributed by atoms with Crippen LogP contribution in [0.4, 0.5) is 0 Å². The Kier molecular flexibility index (Phi) is 6.38. The summed E-state index contributed by atoms with van der Waals surface area (Å²) in [7, 11) is 0. The average Bonchev–Trinajstić information content (AvgIpc) is 2.02. The van der Waals surface area contributed by atoms with Crippen LogP contribution in [0.2, 0.25) is 0 Å². The molecule has 0 radical (unpaired) electrons. The normalized spacial score (nSPS) is 12.4. The fourth-order valence-electron chi connectivity index (χ4n) is 0.783. The summed E-state index contributed by atoms with van der Waals surface area (Å²) in [4.78, 5) is 10.6. The number of hydrogen-bond acceptors (Lipinski definition) is 1. The van der Waals surface area contributed by atoms with Crippen LogP contribution in [0.15, 0.2) is 47.6 Å². The maximum Gasteiger partial charge on any atom is 0.152 e. The minimum absolute atomic E-state index is 0.0716. The van der Waals surface area contributed by atoms with E-state index < -0.39 is 0 Å². The van der Waals surface area contributed by atoms with Gasteiger partial charge in [-0.1, -0.05) is 41.5 Å². The van der Waals surface area contributed by atoms with E-state index in [1.54, 1.807) is 19.1 Å². The van der Waals surface area contributed by atoms with Gasteiger partial charge in [0.2, 0.25) is 0 Å². The maximum atomic E-state index is 10.6. The molecule has 0 aromatic carbocycles. The molecule has 14 heavy (non-hydrogen) atoms. The SMILES string of the molecule is CC(=O)/C=C/C=C(C)/C=C/C=C(C)C. The van der Waals surface area contributed by atoms with Gasteiger partial charge in [-0.25, -0.2) is 0 Å². The van der Waals surface area contributed by atoms with E-state index in [-0.39, 0.29) is 5.78 Å². The zero-order chi connectivity index (χ0) is 11.0. The molecule has 0 heterocycles. The minimum atomic E-state index is 0.0716. The van der Waals surface area contributed by atoms with Crippen molar-refractivity contribution in [3.05, 3.63) is 47.6 Å². The van der Waals surface area contributed by atoms with Gasteiger partial charge in [0.25, 0.3) is 0 Å². The molecule has 0 spiro atoms. The van der Waals surface area contributed by atoms with E-state index in [1.807, 2.05) is 31.2 Å². The van der Waals surface area contributed by atoms with Gasteiger partial charge in [-0.2, -0.15) is 0 Å². The first-order valence-corrected chi connectivity index (χ1v) is 4.69. The fourth-order valence-corrected chi connectivity index (χ4v) is 0.783. The number of rotatable bonds is 4. The van der Waals surface area contributed by atoms with E-state index in [0.29, 0.717) is 0 Å². The molecule has 0 N–H and O–H groups in total. The summed E-state index contributed by atoms with van der Waals surface area (Å²) in [5.74, 6) is 0.0716. The standard InChI is InChI=1S/C13H18O/c1-11(2)7-5-8-12(3)9-6-10-13(4)14/h5-10H,1-4H3/b8-5+,10-6+,12-9+. The summed E-state index contributed by atoms with van der Waals surface area (Å²) < 4.78 is 0. The molecule has 0 rings (SSSR count). The van der Waals surface area contributed by atoms with E-state index >= 15 is 0 Å². The third-order valence-corrected chi connectivity index (χ3v) is 1.48. The van der Waals surface area contributed by atoms with Gasteiger partial charge in [-0.3, -0.25) is 4.79 Å². The van der Waals surface area contributed by atoms with E-state index in [1.165, 1.54) is 5.57 Å². The van der Waals surface area contributed by atoms with Crippen molar-refractivity contribution in [1.82, 2.24) is 0 Å². The molecule has 0 saturated carbocycles. The van der Waals surface area contributed by atoms with E-state index in [9.17, 15) is 4.79 Å². The molecule has 1 nitrogen and oxygen atoms in total. The highest BCUT2D eigenvalue weighted by molar-refractivity contribution is 5.87. The Morgan fingerprint density at radius 1 is 0.857 bits per heavy atom. The number of hydrogen-bond donors (Lipinski definition) is 0. The lowest BCUT2D eigenvalue weighted by Gasteiger charge is -1.87. The molecular weight excluding hydrogens is 172 g/mol. The Morgan fingerprint density at radius 2 is 1.43 bits per heavy atom. The van der Waals surface area contributed by atoms with Crippen LogP contribution in [0.5, 0.6) is 0 Å². The summed E-state index contributed by atoms with van der Waals surface area (Å²) in [6, 6.07) is 0.